The third-order valence-corrected chi connectivity index (χ3v) is 5.35. The molecular weight excluding hydrogens is 334 g/mol. The summed E-state index contributed by atoms with van der Waals surface area (Å²) >= 11 is 5.07. The van der Waals surface area contributed by atoms with E-state index in [0.717, 1.165) is 27.8 Å². The van der Waals surface area contributed by atoms with Crippen LogP contribution >= 0.6 is 27.3 Å². The Morgan fingerprint density at radius 1 is 1.20 bits per heavy atom. The molecule has 0 saturated heterocycles. The highest BCUT2D eigenvalue weighted by atomic mass is 79.9. The fourth-order valence-electron chi connectivity index (χ4n) is 2.47. The molecule has 2 nitrogen and oxygen atoms in total. The summed E-state index contributed by atoms with van der Waals surface area (Å²) < 4.78 is 1.05. The van der Waals surface area contributed by atoms with Crippen molar-refractivity contribution >= 4 is 33.2 Å². The molecule has 1 aliphatic rings. The van der Waals surface area contributed by atoms with Crippen LogP contribution in [0.25, 0.3) is 0 Å². The van der Waals surface area contributed by atoms with E-state index in [-0.39, 0.29) is 5.91 Å². The van der Waals surface area contributed by atoms with Gasteiger partial charge in [-0.15, -0.1) is 11.3 Å². The highest BCUT2D eigenvalue weighted by Crippen LogP contribution is 2.29. The number of halogens is 1. The summed E-state index contributed by atoms with van der Waals surface area (Å²) in [5.41, 5.74) is 2.50. The van der Waals surface area contributed by atoms with Gasteiger partial charge in [0.15, 0.2) is 0 Å². The summed E-state index contributed by atoms with van der Waals surface area (Å²) in [7, 11) is 0. The van der Waals surface area contributed by atoms with Gasteiger partial charge in [0, 0.05) is 15.9 Å². The summed E-state index contributed by atoms with van der Waals surface area (Å²) in [6.07, 6.45) is 4.78. The number of carbonyl (C=O) groups excluding carboxylic acids is 1. The molecule has 1 aromatic carbocycles. The second-order valence-electron chi connectivity index (χ2n) is 5.08. The van der Waals surface area contributed by atoms with Gasteiger partial charge in [-0.2, -0.15) is 0 Å². The van der Waals surface area contributed by atoms with Gasteiger partial charge in [-0.05, 0) is 55.0 Å². The lowest BCUT2D eigenvalue weighted by molar-refractivity contribution is 0.0955. The number of thiophene rings is 1. The van der Waals surface area contributed by atoms with Gasteiger partial charge in [-0.25, -0.2) is 0 Å². The van der Waals surface area contributed by atoms with Gasteiger partial charge in [0.1, 0.15) is 0 Å². The van der Waals surface area contributed by atoms with Crippen LogP contribution in [0.5, 0.6) is 0 Å². The Bertz CT molecular complexity index is 594. The normalized spacial score (nSPS) is 13.8. The minimum Gasteiger partial charge on any atom is -0.347 e. The summed E-state index contributed by atoms with van der Waals surface area (Å²) in [4.78, 5) is 14.5. The van der Waals surface area contributed by atoms with Crippen LogP contribution < -0.4 is 5.32 Å². The van der Waals surface area contributed by atoms with E-state index in [2.05, 4.69) is 27.3 Å². The van der Waals surface area contributed by atoms with Crippen molar-refractivity contribution in [3.05, 3.63) is 55.7 Å². The van der Waals surface area contributed by atoms with Crippen LogP contribution in [0.2, 0.25) is 0 Å². The molecule has 0 atom stereocenters. The van der Waals surface area contributed by atoms with Crippen LogP contribution in [-0.2, 0) is 19.4 Å². The highest BCUT2D eigenvalue weighted by molar-refractivity contribution is 9.10. The fraction of sp³-hybridized carbons (Fsp3) is 0.312. The number of amides is 1. The first-order valence-electron chi connectivity index (χ1n) is 6.86. The van der Waals surface area contributed by atoms with Crippen molar-refractivity contribution in [3.63, 3.8) is 0 Å². The second kappa shape index (κ2) is 6.10. The zero-order valence-electron chi connectivity index (χ0n) is 11.1. The quantitative estimate of drug-likeness (QED) is 0.878. The molecule has 0 spiro atoms. The summed E-state index contributed by atoms with van der Waals surface area (Å²) in [5.74, 6) is 0.0484. The molecule has 1 aliphatic carbocycles. The molecule has 1 aromatic heterocycles. The summed E-state index contributed by atoms with van der Waals surface area (Å²) in [5, 5.41) is 3.00. The van der Waals surface area contributed by atoms with Crippen molar-refractivity contribution in [2.24, 2.45) is 0 Å². The molecule has 0 saturated carbocycles. The lowest BCUT2D eigenvalue weighted by Crippen LogP contribution is -2.21. The Balaban J connectivity index is 1.64. The lowest BCUT2D eigenvalue weighted by atomic mass is 9.99. The molecule has 20 heavy (non-hydrogen) atoms. The van der Waals surface area contributed by atoms with E-state index in [1.165, 1.54) is 23.3 Å². The minimum atomic E-state index is 0.0484. The maximum atomic E-state index is 12.2. The monoisotopic (exact) mass is 349 g/mol. The van der Waals surface area contributed by atoms with Gasteiger partial charge in [0.25, 0.3) is 5.91 Å². The Labute approximate surface area is 131 Å². The van der Waals surface area contributed by atoms with E-state index in [0.29, 0.717) is 6.54 Å². The van der Waals surface area contributed by atoms with Crippen molar-refractivity contribution in [2.45, 2.75) is 32.2 Å². The minimum absolute atomic E-state index is 0.0484. The first kappa shape index (κ1) is 13.8. The van der Waals surface area contributed by atoms with E-state index in [1.807, 2.05) is 24.3 Å². The van der Waals surface area contributed by atoms with Crippen LogP contribution in [0.1, 0.15) is 38.5 Å². The molecule has 104 valence electrons. The van der Waals surface area contributed by atoms with Crippen molar-refractivity contribution < 1.29 is 4.79 Å². The Kier molecular flexibility index (Phi) is 4.22. The van der Waals surface area contributed by atoms with Crippen molar-refractivity contribution in [1.82, 2.24) is 5.32 Å². The average Bonchev–Trinajstić information content (AvgIpc) is 2.90. The third kappa shape index (κ3) is 3.13. The smallest absolute Gasteiger partial charge is 0.261 e. The van der Waals surface area contributed by atoms with Gasteiger partial charge in [-0.1, -0.05) is 28.1 Å². The van der Waals surface area contributed by atoms with Crippen LogP contribution in [0, 0.1) is 0 Å². The van der Waals surface area contributed by atoms with E-state index in [4.69, 9.17) is 0 Å². The number of rotatable bonds is 3. The van der Waals surface area contributed by atoms with Gasteiger partial charge in [0.2, 0.25) is 0 Å². The maximum Gasteiger partial charge on any atom is 0.261 e. The van der Waals surface area contributed by atoms with E-state index < -0.39 is 0 Å². The third-order valence-electron chi connectivity index (χ3n) is 3.59. The molecule has 0 fully saturated rings. The predicted octanol–water partition coefficient (Wildman–Crippen LogP) is 4.32. The average molecular weight is 350 g/mol. The number of carbonyl (C=O) groups is 1. The van der Waals surface area contributed by atoms with Gasteiger partial charge in [-0.3, -0.25) is 4.79 Å². The Morgan fingerprint density at radius 3 is 2.70 bits per heavy atom. The zero-order chi connectivity index (χ0) is 13.9. The van der Waals surface area contributed by atoms with Crippen LogP contribution in [0.15, 0.2) is 34.8 Å². The molecular formula is C16H16BrNOS. The van der Waals surface area contributed by atoms with E-state index in [1.54, 1.807) is 11.3 Å². The van der Waals surface area contributed by atoms with Gasteiger partial charge in [0.05, 0.1) is 4.88 Å². The van der Waals surface area contributed by atoms with Crippen LogP contribution in [0.4, 0.5) is 0 Å². The SMILES string of the molecule is O=C(NCc1ccc(Br)cc1)c1cc2c(s1)CCCC2. The number of benzene rings is 1. The van der Waals surface area contributed by atoms with Crippen molar-refractivity contribution in [3.8, 4) is 0 Å². The molecule has 0 aliphatic heterocycles. The summed E-state index contributed by atoms with van der Waals surface area (Å²) in [6, 6.07) is 10.1. The van der Waals surface area contributed by atoms with Gasteiger partial charge >= 0.3 is 0 Å². The standard InChI is InChI=1S/C16H16BrNOS/c17-13-7-5-11(6-8-13)10-18-16(19)15-9-12-3-1-2-4-14(12)20-15/h5-9H,1-4,10H2,(H,18,19). The molecule has 2 aromatic rings. The van der Waals surface area contributed by atoms with Crippen molar-refractivity contribution in [2.75, 3.05) is 0 Å². The van der Waals surface area contributed by atoms with Crippen LogP contribution in [0.3, 0.4) is 0 Å². The molecule has 0 radical (unpaired) electrons. The Morgan fingerprint density at radius 2 is 1.95 bits per heavy atom. The molecule has 3 rings (SSSR count). The van der Waals surface area contributed by atoms with Gasteiger partial charge < -0.3 is 5.32 Å². The number of fused-ring (bicyclic) bond motifs is 1. The van der Waals surface area contributed by atoms with E-state index in [9.17, 15) is 4.79 Å². The van der Waals surface area contributed by atoms with Crippen molar-refractivity contribution in [1.29, 1.82) is 0 Å². The molecule has 1 heterocycles. The first-order chi connectivity index (χ1) is 9.72. The molecule has 0 unspecified atom stereocenters. The number of hydrogen-bond acceptors (Lipinski definition) is 2. The molecule has 1 N–H and O–H groups in total. The Hall–Kier alpha value is -1.13. The maximum absolute atomic E-state index is 12.2. The largest absolute Gasteiger partial charge is 0.347 e. The second-order valence-corrected chi connectivity index (χ2v) is 7.13. The fourth-order valence-corrected chi connectivity index (χ4v) is 3.91. The number of hydrogen-bond donors (Lipinski definition) is 1. The lowest BCUT2D eigenvalue weighted by Gasteiger charge is -2.08. The first-order valence-corrected chi connectivity index (χ1v) is 8.47. The van der Waals surface area contributed by atoms with E-state index >= 15 is 0 Å². The summed E-state index contributed by atoms with van der Waals surface area (Å²) in [6.45, 7) is 0.578. The van der Waals surface area contributed by atoms with Crippen LogP contribution in [-0.4, -0.2) is 5.91 Å². The molecule has 0 bridgehead atoms. The number of aryl methyl sites for hydroxylation is 2. The zero-order valence-corrected chi connectivity index (χ0v) is 13.5. The highest BCUT2D eigenvalue weighted by Gasteiger charge is 2.16. The number of nitrogens with one attached hydrogen (secondary N) is 1. The predicted molar refractivity (Wildman–Crippen MR) is 86.3 cm³/mol. The molecule has 4 heteroatoms. The topological polar surface area (TPSA) is 29.1 Å². The molecule has 1 amide bonds.